The summed E-state index contributed by atoms with van der Waals surface area (Å²) in [6.45, 7) is 9.29. The van der Waals surface area contributed by atoms with E-state index in [2.05, 4.69) is 48.0 Å². The molecule has 0 fully saturated rings. The second-order valence-electron chi connectivity index (χ2n) is 5.91. The highest BCUT2D eigenvalue weighted by Gasteiger charge is 2.16. The molecule has 1 aromatic heterocycles. The van der Waals surface area contributed by atoms with E-state index in [-0.39, 0.29) is 5.91 Å². The maximum atomic E-state index is 12.2. The summed E-state index contributed by atoms with van der Waals surface area (Å²) in [7, 11) is 0. The summed E-state index contributed by atoms with van der Waals surface area (Å²) >= 11 is 0. The Labute approximate surface area is 132 Å². The number of benzene rings is 1. The molecule has 4 heteroatoms. The van der Waals surface area contributed by atoms with Crippen molar-refractivity contribution >= 4 is 5.91 Å². The van der Waals surface area contributed by atoms with E-state index in [1.807, 2.05) is 19.9 Å². The number of aryl methyl sites for hydroxylation is 1. The monoisotopic (exact) mass is 299 g/mol. The number of nitrogens with two attached hydrogens (primary N) is 1. The predicted octanol–water partition coefficient (Wildman–Crippen LogP) is 2.91. The molecule has 0 aliphatic carbocycles. The third kappa shape index (κ3) is 3.22. The molecular formula is C18H25N3O. The summed E-state index contributed by atoms with van der Waals surface area (Å²) in [5.41, 5.74) is 10.5. The van der Waals surface area contributed by atoms with Crippen molar-refractivity contribution in [2.45, 2.75) is 33.6 Å². The maximum absolute atomic E-state index is 12.2. The standard InChI is InChI=1S/C18H25N3O/c1-12(2)15-5-7-16(8-6-15)21-13(3)11-17(14(21)4)18(22)20-10-9-19/h5-8,11-12H,9-10,19H2,1-4H3,(H,20,22). The van der Waals surface area contributed by atoms with Crippen molar-refractivity contribution < 1.29 is 4.79 Å². The van der Waals surface area contributed by atoms with Crippen LogP contribution in [0.15, 0.2) is 30.3 Å². The van der Waals surface area contributed by atoms with Gasteiger partial charge in [0.25, 0.3) is 5.91 Å². The SMILES string of the molecule is Cc1cc(C(=O)NCCN)c(C)n1-c1ccc(C(C)C)cc1. The molecule has 1 heterocycles. The zero-order valence-electron chi connectivity index (χ0n) is 13.8. The van der Waals surface area contributed by atoms with Crippen LogP contribution in [0.25, 0.3) is 5.69 Å². The minimum absolute atomic E-state index is 0.0661. The van der Waals surface area contributed by atoms with Crippen LogP contribution in [0, 0.1) is 13.8 Å². The highest BCUT2D eigenvalue weighted by Crippen LogP contribution is 2.23. The molecule has 0 bridgehead atoms. The fraction of sp³-hybridized carbons (Fsp3) is 0.389. The van der Waals surface area contributed by atoms with Gasteiger partial charge in [-0.15, -0.1) is 0 Å². The Morgan fingerprint density at radius 3 is 2.41 bits per heavy atom. The number of carbonyl (C=O) groups excluding carboxylic acids is 1. The van der Waals surface area contributed by atoms with Gasteiger partial charge < -0.3 is 15.6 Å². The van der Waals surface area contributed by atoms with Crippen LogP contribution in [0.4, 0.5) is 0 Å². The van der Waals surface area contributed by atoms with E-state index in [0.29, 0.717) is 24.6 Å². The third-order valence-corrected chi connectivity index (χ3v) is 3.92. The van der Waals surface area contributed by atoms with E-state index in [1.165, 1.54) is 5.56 Å². The molecule has 0 radical (unpaired) electrons. The minimum atomic E-state index is -0.0661. The average Bonchev–Trinajstić information content (AvgIpc) is 2.80. The van der Waals surface area contributed by atoms with Crippen molar-refractivity contribution in [3.8, 4) is 5.69 Å². The maximum Gasteiger partial charge on any atom is 0.253 e. The minimum Gasteiger partial charge on any atom is -0.351 e. The van der Waals surface area contributed by atoms with Gasteiger partial charge in [0.1, 0.15) is 0 Å². The molecule has 0 aliphatic heterocycles. The second-order valence-corrected chi connectivity index (χ2v) is 5.91. The lowest BCUT2D eigenvalue weighted by Crippen LogP contribution is -2.29. The lowest BCUT2D eigenvalue weighted by Gasteiger charge is -2.12. The number of aromatic nitrogens is 1. The zero-order chi connectivity index (χ0) is 16.3. The Balaban J connectivity index is 2.35. The van der Waals surface area contributed by atoms with E-state index >= 15 is 0 Å². The molecule has 0 atom stereocenters. The normalized spacial score (nSPS) is 11.0. The summed E-state index contributed by atoms with van der Waals surface area (Å²) in [6, 6.07) is 10.4. The van der Waals surface area contributed by atoms with Crippen molar-refractivity contribution in [3.05, 3.63) is 52.8 Å². The molecule has 0 aliphatic rings. The van der Waals surface area contributed by atoms with Gasteiger partial charge in [-0.3, -0.25) is 4.79 Å². The van der Waals surface area contributed by atoms with Gasteiger partial charge in [0, 0.05) is 30.2 Å². The summed E-state index contributed by atoms with van der Waals surface area (Å²) in [4.78, 5) is 12.2. The van der Waals surface area contributed by atoms with Crippen molar-refractivity contribution in [2.75, 3.05) is 13.1 Å². The Morgan fingerprint density at radius 2 is 1.86 bits per heavy atom. The Hall–Kier alpha value is -2.07. The van der Waals surface area contributed by atoms with Gasteiger partial charge in [0.05, 0.1) is 5.56 Å². The third-order valence-electron chi connectivity index (χ3n) is 3.92. The van der Waals surface area contributed by atoms with Gasteiger partial charge in [-0.05, 0) is 43.5 Å². The molecule has 1 amide bonds. The lowest BCUT2D eigenvalue weighted by atomic mass is 10.0. The van der Waals surface area contributed by atoms with Gasteiger partial charge >= 0.3 is 0 Å². The van der Waals surface area contributed by atoms with Crippen molar-refractivity contribution in [2.24, 2.45) is 5.73 Å². The van der Waals surface area contributed by atoms with Crippen LogP contribution in [0.2, 0.25) is 0 Å². The van der Waals surface area contributed by atoms with Crippen molar-refractivity contribution in [3.63, 3.8) is 0 Å². The van der Waals surface area contributed by atoms with Crippen LogP contribution in [0.5, 0.6) is 0 Å². The summed E-state index contributed by atoms with van der Waals surface area (Å²) in [6.07, 6.45) is 0. The van der Waals surface area contributed by atoms with Crippen LogP contribution in [0.1, 0.15) is 47.1 Å². The lowest BCUT2D eigenvalue weighted by molar-refractivity contribution is 0.0954. The topological polar surface area (TPSA) is 60.1 Å². The van der Waals surface area contributed by atoms with E-state index < -0.39 is 0 Å². The molecule has 0 spiro atoms. The second kappa shape index (κ2) is 6.79. The fourth-order valence-corrected chi connectivity index (χ4v) is 2.68. The summed E-state index contributed by atoms with van der Waals surface area (Å²) in [5.74, 6) is 0.446. The molecule has 2 rings (SSSR count). The molecule has 4 nitrogen and oxygen atoms in total. The number of hydrogen-bond acceptors (Lipinski definition) is 2. The molecule has 2 aromatic rings. The molecule has 0 saturated carbocycles. The van der Waals surface area contributed by atoms with Gasteiger partial charge in [-0.1, -0.05) is 26.0 Å². The van der Waals surface area contributed by atoms with E-state index in [4.69, 9.17) is 5.73 Å². The van der Waals surface area contributed by atoms with Crippen LogP contribution in [0.3, 0.4) is 0 Å². The summed E-state index contributed by atoms with van der Waals surface area (Å²) < 4.78 is 2.11. The Bertz CT molecular complexity index is 654. The average molecular weight is 299 g/mol. The van der Waals surface area contributed by atoms with Gasteiger partial charge in [0.2, 0.25) is 0 Å². The number of rotatable bonds is 5. The highest BCUT2D eigenvalue weighted by molar-refractivity contribution is 5.95. The van der Waals surface area contributed by atoms with Gasteiger partial charge in [-0.2, -0.15) is 0 Å². The van der Waals surface area contributed by atoms with Crippen molar-refractivity contribution in [1.29, 1.82) is 0 Å². The molecule has 0 unspecified atom stereocenters. The Kier molecular flexibility index (Phi) is 5.03. The predicted molar refractivity (Wildman–Crippen MR) is 90.7 cm³/mol. The zero-order valence-corrected chi connectivity index (χ0v) is 13.8. The molecule has 0 saturated heterocycles. The van der Waals surface area contributed by atoms with E-state index in [0.717, 1.165) is 17.1 Å². The largest absolute Gasteiger partial charge is 0.351 e. The number of nitrogens with zero attached hydrogens (tertiary/aromatic N) is 1. The number of nitrogens with one attached hydrogen (secondary N) is 1. The highest BCUT2D eigenvalue weighted by atomic mass is 16.1. The fourth-order valence-electron chi connectivity index (χ4n) is 2.68. The van der Waals surface area contributed by atoms with E-state index in [9.17, 15) is 4.79 Å². The first-order valence-electron chi connectivity index (χ1n) is 7.73. The molecular weight excluding hydrogens is 274 g/mol. The van der Waals surface area contributed by atoms with Crippen molar-refractivity contribution in [1.82, 2.24) is 9.88 Å². The number of hydrogen-bond donors (Lipinski definition) is 2. The quantitative estimate of drug-likeness (QED) is 0.892. The van der Waals surface area contributed by atoms with Crippen LogP contribution in [-0.4, -0.2) is 23.6 Å². The molecule has 1 aromatic carbocycles. The van der Waals surface area contributed by atoms with Crippen LogP contribution >= 0.6 is 0 Å². The summed E-state index contributed by atoms with van der Waals surface area (Å²) in [5, 5.41) is 2.83. The number of carbonyl (C=O) groups is 1. The molecule has 3 N–H and O–H groups in total. The van der Waals surface area contributed by atoms with Crippen LogP contribution in [-0.2, 0) is 0 Å². The number of amides is 1. The first-order chi connectivity index (χ1) is 10.5. The molecule has 118 valence electrons. The first-order valence-corrected chi connectivity index (χ1v) is 7.73. The Morgan fingerprint density at radius 1 is 1.23 bits per heavy atom. The first kappa shape index (κ1) is 16.3. The van der Waals surface area contributed by atoms with Gasteiger partial charge in [-0.25, -0.2) is 0 Å². The van der Waals surface area contributed by atoms with E-state index in [1.54, 1.807) is 0 Å². The van der Waals surface area contributed by atoms with Gasteiger partial charge in [0.15, 0.2) is 0 Å². The molecule has 22 heavy (non-hydrogen) atoms. The van der Waals surface area contributed by atoms with Crippen LogP contribution < -0.4 is 11.1 Å². The smallest absolute Gasteiger partial charge is 0.253 e.